The molecule has 1 aliphatic heterocycles. The standard InChI is InChI=1S/C23H31O2PSSi/c1-23(2,3)28(4,5)25-19-16-17-22(27-18-19)26(24,20-12-8-6-9-13-20)21-14-10-7-11-15-21/h6-16,22H,17-18H2,1-5H3. The predicted molar refractivity (Wildman–Crippen MR) is 127 cm³/mol. The number of rotatable bonds is 5. The summed E-state index contributed by atoms with van der Waals surface area (Å²) in [6, 6.07) is 20.0. The Labute approximate surface area is 175 Å². The summed E-state index contributed by atoms with van der Waals surface area (Å²) >= 11 is 1.79. The highest BCUT2D eigenvalue weighted by atomic mass is 32.2. The zero-order valence-corrected chi connectivity index (χ0v) is 20.2. The SMILES string of the molecule is CC(C)(C)[Si](C)(C)OC1=CCC(P(=O)(c2ccccc2)c2ccccc2)SC1. The Kier molecular flexibility index (Phi) is 6.34. The summed E-state index contributed by atoms with van der Waals surface area (Å²) in [5.74, 6) is 1.86. The van der Waals surface area contributed by atoms with Crippen molar-refractivity contribution in [3.63, 3.8) is 0 Å². The van der Waals surface area contributed by atoms with E-state index >= 15 is 0 Å². The molecule has 0 spiro atoms. The molecule has 0 radical (unpaired) electrons. The average Bonchev–Trinajstić information content (AvgIpc) is 2.68. The zero-order chi connectivity index (χ0) is 20.4. The Balaban J connectivity index is 1.89. The molecule has 3 rings (SSSR count). The Morgan fingerprint density at radius 1 is 0.964 bits per heavy atom. The van der Waals surface area contributed by atoms with Gasteiger partial charge in [-0.15, -0.1) is 11.8 Å². The second-order valence-corrected chi connectivity index (χ2v) is 18.1. The van der Waals surface area contributed by atoms with E-state index in [-0.39, 0.29) is 10.0 Å². The first kappa shape index (κ1) is 21.5. The van der Waals surface area contributed by atoms with Gasteiger partial charge in [-0.2, -0.15) is 0 Å². The summed E-state index contributed by atoms with van der Waals surface area (Å²) in [5, 5.41) is 2.07. The van der Waals surface area contributed by atoms with Crippen LogP contribution in [0.1, 0.15) is 27.2 Å². The summed E-state index contributed by atoms with van der Waals surface area (Å²) in [6.45, 7) is 11.3. The molecule has 1 aliphatic rings. The number of benzene rings is 2. The maximum Gasteiger partial charge on any atom is 0.250 e. The number of hydrogen-bond donors (Lipinski definition) is 0. The second-order valence-electron chi connectivity index (χ2n) is 8.86. The molecule has 150 valence electrons. The van der Waals surface area contributed by atoms with E-state index in [1.807, 2.05) is 60.7 Å². The van der Waals surface area contributed by atoms with E-state index in [1.165, 1.54) is 0 Å². The molecule has 0 amide bonds. The van der Waals surface area contributed by atoms with Gasteiger partial charge in [-0.05, 0) is 30.6 Å². The lowest BCUT2D eigenvalue weighted by molar-refractivity contribution is 0.385. The fourth-order valence-corrected chi connectivity index (χ4v) is 9.50. The van der Waals surface area contributed by atoms with E-state index in [4.69, 9.17) is 4.43 Å². The molecule has 0 aromatic heterocycles. The Hall–Kier alpha value is -1.22. The molecule has 5 heteroatoms. The van der Waals surface area contributed by atoms with Crippen molar-refractivity contribution in [1.82, 2.24) is 0 Å². The van der Waals surface area contributed by atoms with Crippen molar-refractivity contribution in [2.75, 3.05) is 5.75 Å². The minimum absolute atomic E-state index is 0.0454. The van der Waals surface area contributed by atoms with Crippen molar-refractivity contribution in [2.24, 2.45) is 0 Å². The number of allylic oxidation sites excluding steroid dienone is 1. The van der Waals surface area contributed by atoms with E-state index in [1.54, 1.807) is 11.8 Å². The predicted octanol–water partition coefficient (Wildman–Crippen LogP) is 6.37. The van der Waals surface area contributed by atoms with E-state index in [2.05, 4.69) is 39.9 Å². The van der Waals surface area contributed by atoms with Crippen molar-refractivity contribution < 1.29 is 8.99 Å². The smallest absolute Gasteiger partial charge is 0.250 e. The molecule has 0 fully saturated rings. The normalized spacial score (nSPS) is 18.5. The Bertz CT molecular complexity index is 829. The molecule has 0 saturated carbocycles. The van der Waals surface area contributed by atoms with E-state index in [0.29, 0.717) is 0 Å². The fourth-order valence-electron chi connectivity index (χ4n) is 3.12. The first-order valence-corrected chi connectivity index (χ1v) is 15.6. The molecule has 0 bridgehead atoms. The van der Waals surface area contributed by atoms with Crippen LogP contribution in [-0.2, 0) is 8.99 Å². The first-order valence-electron chi connectivity index (χ1n) is 9.85. The van der Waals surface area contributed by atoms with Crippen LogP contribution < -0.4 is 10.6 Å². The summed E-state index contributed by atoms with van der Waals surface area (Å²) < 4.78 is 20.9. The van der Waals surface area contributed by atoms with Gasteiger partial charge in [-0.3, -0.25) is 0 Å². The van der Waals surface area contributed by atoms with Gasteiger partial charge in [0.15, 0.2) is 7.14 Å². The van der Waals surface area contributed by atoms with Gasteiger partial charge in [0.25, 0.3) is 0 Å². The largest absolute Gasteiger partial charge is 0.546 e. The summed E-state index contributed by atoms with van der Waals surface area (Å²) in [6.07, 6.45) is 2.97. The maximum absolute atomic E-state index is 14.4. The van der Waals surface area contributed by atoms with Gasteiger partial charge >= 0.3 is 0 Å². The summed E-state index contributed by atoms with van der Waals surface area (Å²) in [4.78, 5) is 0.0454. The lowest BCUT2D eigenvalue weighted by Gasteiger charge is -2.39. The van der Waals surface area contributed by atoms with Crippen LogP contribution >= 0.6 is 18.9 Å². The van der Waals surface area contributed by atoms with E-state index in [9.17, 15) is 4.57 Å². The third kappa shape index (κ3) is 4.35. The summed E-state index contributed by atoms with van der Waals surface area (Å²) in [5.41, 5.74) is 0. The van der Waals surface area contributed by atoms with Gasteiger partial charge in [0.05, 0.1) is 10.8 Å². The highest BCUT2D eigenvalue weighted by Gasteiger charge is 2.42. The van der Waals surface area contributed by atoms with E-state index < -0.39 is 15.5 Å². The molecular formula is C23H31O2PSSi. The van der Waals surface area contributed by atoms with Crippen LogP contribution in [0.4, 0.5) is 0 Å². The van der Waals surface area contributed by atoms with Crippen molar-refractivity contribution in [2.45, 2.75) is 50.3 Å². The quantitative estimate of drug-likeness (QED) is 0.407. The van der Waals surface area contributed by atoms with Crippen LogP contribution in [0.5, 0.6) is 0 Å². The van der Waals surface area contributed by atoms with Crippen LogP contribution in [0.25, 0.3) is 0 Å². The third-order valence-corrected chi connectivity index (χ3v) is 15.7. The van der Waals surface area contributed by atoms with Gasteiger partial charge in [-0.1, -0.05) is 81.4 Å². The van der Waals surface area contributed by atoms with E-state index in [0.717, 1.165) is 28.5 Å². The first-order chi connectivity index (χ1) is 13.1. The molecule has 0 saturated heterocycles. The lowest BCUT2D eigenvalue weighted by Crippen LogP contribution is -2.41. The molecule has 2 nitrogen and oxygen atoms in total. The van der Waals surface area contributed by atoms with Gasteiger partial charge in [0.2, 0.25) is 8.32 Å². The van der Waals surface area contributed by atoms with Crippen molar-refractivity contribution in [3.05, 3.63) is 72.5 Å². The van der Waals surface area contributed by atoms with Crippen LogP contribution in [0.3, 0.4) is 0 Å². The molecule has 28 heavy (non-hydrogen) atoms. The molecule has 1 heterocycles. The molecule has 2 aromatic rings. The Morgan fingerprint density at radius 3 is 1.86 bits per heavy atom. The highest BCUT2D eigenvalue weighted by molar-refractivity contribution is 8.09. The van der Waals surface area contributed by atoms with Crippen LogP contribution in [0.2, 0.25) is 18.1 Å². The van der Waals surface area contributed by atoms with Gasteiger partial charge in [-0.25, -0.2) is 0 Å². The van der Waals surface area contributed by atoms with Crippen LogP contribution in [0.15, 0.2) is 72.5 Å². The molecule has 2 aromatic carbocycles. The van der Waals surface area contributed by atoms with Crippen LogP contribution in [0, 0.1) is 0 Å². The zero-order valence-electron chi connectivity index (χ0n) is 17.5. The third-order valence-electron chi connectivity index (χ3n) is 5.84. The monoisotopic (exact) mass is 430 g/mol. The van der Waals surface area contributed by atoms with Crippen molar-refractivity contribution in [1.29, 1.82) is 0 Å². The number of thioether (sulfide) groups is 1. The molecule has 1 unspecified atom stereocenters. The average molecular weight is 431 g/mol. The number of hydrogen-bond acceptors (Lipinski definition) is 3. The molecule has 1 atom stereocenters. The minimum Gasteiger partial charge on any atom is -0.546 e. The molecule has 0 N–H and O–H groups in total. The van der Waals surface area contributed by atoms with Gasteiger partial charge < -0.3 is 8.99 Å². The van der Waals surface area contributed by atoms with Crippen molar-refractivity contribution in [3.8, 4) is 0 Å². The van der Waals surface area contributed by atoms with Gasteiger partial charge in [0.1, 0.15) is 0 Å². The maximum atomic E-state index is 14.4. The van der Waals surface area contributed by atoms with Crippen LogP contribution in [-0.4, -0.2) is 19.1 Å². The van der Waals surface area contributed by atoms with Crippen molar-refractivity contribution >= 4 is 37.8 Å². The topological polar surface area (TPSA) is 26.3 Å². The minimum atomic E-state index is -2.74. The fraction of sp³-hybridized carbons (Fsp3) is 0.391. The van der Waals surface area contributed by atoms with Gasteiger partial charge in [0, 0.05) is 16.4 Å². The second kappa shape index (κ2) is 8.26. The Morgan fingerprint density at radius 2 is 1.46 bits per heavy atom. The molecular weight excluding hydrogens is 399 g/mol. The summed E-state index contributed by atoms with van der Waals surface area (Å²) in [7, 11) is -4.57. The molecule has 0 aliphatic carbocycles. The lowest BCUT2D eigenvalue weighted by atomic mass is 10.2. The highest BCUT2D eigenvalue weighted by Crippen LogP contribution is 2.56.